The highest BCUT2D eigenvalue weighted by atomic mass is 79.9. The van der Waals surface area contributed by atoms with E-state index in [0.29, 0.717) is 21.9 Å². The lowest BCUT2D eigenvalue weighted by atomic mass is 9.89. The molecule has 1 atom stereocenters. The van der Waals surface area contributed by atoms with Gasteiger partial charge in [0.1, 0.15) is 5.75 Å². The van der Waals surface area contributed by atoms with Crippen molar-refractivity contribution in [1.82, 2.24) is 4.90 Å². The summed E-state index contributed by atoms with van der Waals surface area (Å²) in [6, 6.07) is 5.02. The lowest BCUT2D eigenvalue weighted by Crippen LogP contribution is -2.32. The zero-order valence-corrected chi connectivity index (χ0v) is 13.7. The number of aromatic hydroxyl groups is 1. The van der Waals surface area contributed by atoms with Gasteiger partial charge in [0.15, 0.2) is 0 Å². The van der Waals surface area contributed by atoms with Crippen LogP contribution in [0, 0.1) is 11.8 Å². The number of phenols is 1. The maximum Gasteiger partial charge on any atom is 0.253 e. The van der Waals surface area contributed by atoms with Crippen molar-refractivity contribution in [3.05, 3.63) is 28.2 Å². The Hall–Kier alpha value is -1.03. The van der Waals surface area contributed by atoms with Crippen LogP contribution in [0.1, 0.15) is 43.5 Å². The molecule has 0 radical (unpaired) electrons. The van der Waals surface area contributed by atoms with Crippen molar-refractivity contribution in [1.29, 1.82) is 0 Å². The molecule has 1 heterocycles. The van der Waals surface area contributed by atoms with Crippen LogP contribution in [0.25, 0.3) is 0 Å². The minimum atomic E-state index is 0.0252. The number of halogens is 1. The zero-order chi connectivity index (χ0) is 14.7. The van der Waals surface area contributed by atoms with Crippen molar-refractivity contribution in [3.8, 4) is 5.75 Å². The first-order chi connectivity index (χ1) is 9.49. The monoisotopic (exact) mass is 339 g/mol. The number of likely N-dealkylation sites (tertiary alicyclic amines) is 1. The minimum absolute atomic E-state index is 0.0252. The lowest BCUT2D eigenvalue weighted by Gasteiger charge is -2.21. The first-order valence-corrected chi connectivity index (χ1v) is 8.06. The summed E-state index contributed by atoms with van der Waals surface area (Å²) >= 11 is 3.24. The lowest BCUT2D eigenvalue weighted by molar-refractivity contribution is 0.0758. The maximum absolute atomic E-state index is 12.5. The van der Waals surface area contributed by atoms with E-state index in [0.717, 1.165) is 25.9 Å². The van der Waals surface area contributed by atoms with Gasteiger partial charge in [0.25, 0.3) is 5.91 Å². The second-order valence-corrected chi connectivity index (χ2v) is 6.75. The highest BCUT2D eigenvalue weighted by Crippen LogP contribution is 2.27. The highest BCUT2D eigenvalue weighted by Gasteiger charge is 2.23. The zero-order valence-electron chi connectivity index (χ0n) is 12.1. The van der Waals surface area contributed by atoms with Crippen LogP contribution in [0.15, 0.2) is 22.7 Å². The van der Waals surface area contributed by atoms with Gasteiger partial charge in [-0.2, -0.15) is 0 Å². The largest absolute Gasteiger partial charge is 0.507 e. The van der Waals surface area contributed by atoms with Gasteiger partial charge in [0.05, 0.1) is 4.47 Å². The van der Waals surface area contributed by atoms with E-state index in [2.05, 4.69) is 29.8 Å². The van der Waals surface area contributed by atoms with Gasteiger partial charge in [-0.15, -0.1) is 0 Å². The number of nitrogens with zero attached hydrogens (tertiary/aromatic N) is 1. The molecule has 2 rings (SSSR count). The van der Waals surface area contributed by atoms with Crippen LogP contribution in [0.4, 0.5) is 0 Å². The molecular weight excluding hydrogens is 318 g/mol. The Labute approximate surface area is 129 Å². The summed E-state index contributed by atoms with van der Waals surface area (Å²) in [5.41, 5.74) is 0.564. The Kier molecular flexibility index (Phi) is 5.08. The predicted molar refractivity (Wildman–Crippen MR) is 83.9 cm³/mol. The molecule has 1 saturated heterocycles. The van der Waals surface area contributed by atoms with Gasteiger partial charge in [0.2, 0.25) is 0 Å². The van der Waals surface area contributed by atoms with Gasteiger partial charge >= 0.3 is 0 Å². The summed E-state index contributed by atoms with van der Waals surface area (Å²) in [6.45, 7) is 6.15. The molecule has 0 aliphatic carbocycles. The first-order valence-electron chi connectivity index (χ1n) is 7.27. The van der Waals surface area contributed by atoms with Crippen LogP contribution in [0.3, 0.4) is 0 Å². The Bertz CT molecular complexity index is 487. The van der Waals surface area contributed by atoms with Gasteiger partial charge in [-0.05, 0) is 65.2 Å². The number of rotatable bonds is 2. The van der Waals surface area contributed by atoms with Crippen LogP contribution in [-0.2, 0) is 0 Å². The van der Waals surface area contributed by atoms with Crippen molar-refractivity contribution < 1.29 is 9.90 Å². The van der Waals surface area contributed by atoms with E-state index < -0.39 is 0 Å². The molecule has 0 aromatic heterocycles. The van der Waals surface area contributed by atoms with Crippen molar-refractivity contribution >= 4 is 21.8 Å². The van der Waals surface area contributed by atoms with E-state index in [1.54, 1.807) is 12.1 Å². The summed E-state index contributed by atoms with van der Waals surface area (Å²) in [6.07, 6.45) is 3.34. The van der Waals surface area contributed by atoms with Crippen LogP contribution >= 0.6 is 15.9 Å². The number of benzene rings is 1. The standard InChI is InChI=1S/C16H22BrNO2/c1-11(2)12-4-3-8-18(9-7-12)16(20)13-5-6-14(17)15(19)10-13/h5-6,10-12,19H,3-4,7-9H2,1-2H3. The van der Waals surface area contributed by atoms with Crippen LogP contribution in [-0.4, -0.2) is 29.0 Å². The Morgan fingerprint density at radius 3 is 2.75 bits per heavy atom. The fraction of sp³-hybridized carbons (Fsp3) is 0.562. The first kappa shape index (κ1) is 15.4. The van der Waals surface area contributed by atoms with E-state index in [4.69, 9.17) is 0 Å². The fourth-order valence-corrected chi connectivity index (χ4v) is 3.07. The van der Waals surface area contributed by atoms with Crippen LogP contribution in [0.5, 0.6) is 5.75 Å². The molecule has 1 unspecified atom stereocenters. The number of amides is 1. The van der Waals surface area contributed by atoms with Gasteiger partial charge in [-0.1, -0.05) is 13.8 Å². The Morgan fingerprint density at radius 2 is 2.10 bits per heavy atom. The smallest absolute Gasteiger partial charge is 0.253 e. The SMILES string of the molecule is CC(C)C1CCCN(C(=O)c2ccc(Br)c(O)c2)CC1. The second-order valence-electron chi connectivity index (χ2n) is 5.89. The highest BCUT2D eigenvalue weighted by molar-refractivity contribution is 9.10. The molecule has 0 spiro atoms. The molecule has 1 aliphatic heterocycles. The molecule has 0 bridgehead atoms. The third-order valence-corrected chi connectivity index (χ3v) is 4.87. The maximum atomic E-state index is 12.5. The third kappa shape index (κ3) is 3.54. The van der Waals surface area contributed by atoms with Gasteiger partial charge in [-0.3, -0.25) is 4.79 Å². The van der Waals surface area contributed by atoms with Gasteiger partial charge in [-0.25, -0.2) is 0 Å². The van der Waals surface area contributed by atoms with Crippen molar-refractivity contribution in [3.63, 3.8) is 0 Å². The molecule has 1 N–H and O–H groups in total. The molecule has 1 aromatic carbocycles. The van der Waals surface area contributed by atoms with Gasteiger partial charge < -0.3 is 10.0 Å². The minimum Gasteiger partial charge on any atom is -0.507 e. The quantitative estimate of drug-likeness (QED) is 0.882. The molecule has 1 aliphatic rings. The van der Waals surface area contributed by atoms with E-state index in [1.807, 2.05) is 4.90 Å². The molecule has 1 fully saturated rings. The van der Waals surface area contributed by atoms with Crippen molar-refractivity contribution in [2.45, 2.75) is 33.1 Å². The molecule has 4 heteroatoms. The van der Waals surface area contributed by atoms with Crippen molar-refractivity contribution in [2.24, 2.45) is 11.8 Å². The van der Waals surface area contributed by atoms with Gasteiger partial charge in [0, 0.05) is 18.7 Å². The predicted octanol–water partition coefficient (Wildman–Crippen LogP) is 4.05. The normalized spacial score (nSPS) is 20.0. The summed E-state index contributed by atoms with van der Waals surface area (Å²) < 4.78 is 0.616. The number of carbonyl (C=O) groups is 1. The number of carbonyl (C=O) groups excluding carboxylic acids is 1. The summed E-state index contributed by atoms with van der Waals surface area (Å²) in [5.74, 6) is 1.54. The molecule has 1 aromatic rings. The Morgan fingerprint density at radius 1 is 1.35 bits per heavy atom. The summed E-state index contributed by atoms with van der Waals surface area (Å²) in [7, 11) is 0. The number of hydrogen-bond acceptors (Lipinski definition) is 2. The second kappa shape index (κ2) is 6.61. The average Bonchev–Trinajstić information content (AvgIpc) is 2.67. The summed E-state index contributed by atoms with van der Waals surface area (Å²) in [4.78, 5) is 14.4. The Balaban J connectivity index is 2.07. The summed E-state index contributed by atoms with van der Waals surface area (Å²) in [5, 5.41) is 9.70. The molecule has 20 heavy (non-hydrogen) atoms. The van der Waals surface area contributed by atoms with E-state index in [1.165, 1.54) is 12.5 Å². The molecule has 0 saturated carbocycles. The molecule has 3 nitrogen and oxygen atoms in total. The number of hydrogen-bond donors (Lipinski definition) is 1. The topological polar surface area (TPSA) is 40.5 Å². The van der Waals surface area contributed by atoms with E-state index in [-0.39, 0.29) is 11.7 Å². The molecule has 110 valence electrons. The third-order valence-electron chi connectivity index (χ3n) is 4.20. The van der Waals surface area contributed by atoms with Crippen molar-refractivity contribution in [2.75, 3.05) is 13.1 Å². The molecular formula is C16H22BrNO2. The number of phenolic OH excluding ortho intramolecular Hbond substituents is 1. The average molecular weight is 340 g/mol. The fourth-order valence-electron chi connectivity index (χ4n) is 2.82. The van der Waals surface area contributed by atoms with Crippen LogP contribution in [0.2, 0.25) is 0 Å². The molecule has 1 amide bonds. The van der Waals surface area contributed by atoms with E-state index in [9.17, 15) is 9.90 Å². The van der Waals surface area contributed by atoms with E-state index >= 15 is 0 Å². The van der Waals surface area contributed by atoms with Crippen LogP contribution < -0.4 is 0 Å².